The van der Waals surface area contributed by atoms with Gasteiger partial charge in [0.25, 0.3) is 0 Å². The Hall–Kier alpha value is -2.99. The molecule has 1 amide bonds. The molecule has 1 unspecified atom stereocenters. The van der Waals surface area contributed by atoms with Gasteiger partial charge in [-0.2, -0.15) is 4.98 Å². The second-order valence-electron chi connectivity index (χ2n) is 12.4. The standard InChI is InChI=1S/C33H39ClF2N6O2S/c1-6-28(43)42-20(4)15-40(16-21(42)5)32-24-12-19(3)29(23-13-25(34)27(36)14-26(23)35)31-30(24)41(33(44)37-32)17-22(18-45-31)39-10-8-38(7-2)9-11-39/h6,12-14,20-22H,1,7-11,15-18H2,2-5H3/t20-,21+,22?. The highest BCUT2D eigenvalue weighted by molar-refractivity contribution is 7.99. The van der Waals surface area contributed by atoms with Gasteiger partial charge in [0.05, 0.1) is 10.5 Å². The van der Waals surface area contributed by atoms with Crippen molar-refractivity contribution in [2.75, 3.05) is 56.5 Å². The maximum absolute atomic E-state index is 15.5. The van der Waals surface area contributed by atoms with Gasteiger partial charge < -0.3 is 14.7 Å². The summed E-state index contributed by atoms with van der Waals surface area (Å²) in [6.45, 7) is 17.9. The predicted octanol–water partition coefficient (Wildman–Crippen LogP) is 5.03. The summed E-state index contributed by atoms with van der Waals surface area (Å²) >= 11 is 7.79. The topological polar surface area (TPSA) is 64.9 Å². The molecule has 0 radical (unpaired) electrons. The number of rotatable bonds is 5. The van der Waals surface area contributed by atoms with Gasteiger partial charge in [0.1, 0.15) is 17.5 Å². The van der Waals surface area contributed by atoms with Gasteiger partial charge in [-0.3, -0.25) is 14.3 Å². The molecule has 0 bridgehead atoms. The predicted molar refractivity (Wildman–Crippen MR) is 177 cm³/mol. The van der Waals surface area contributed by atoms with Crippen LogP contribution in [0, 0.1) is 18.6 Å². The van der Waals surface area contributed by atoms with Crippen LogP contribution in [0.2, 0.25) is 5.02 Å². The number of carbonyl (C=O) groups is 1. The fraction of sp³-hybridized carbons (Fsp3) is 0.485. The molecule has 0 aliphatic carbocycles. The molecule has 1 aromatic heterocycles. The van der Waals surface area contributed by atoms with Crippen molar-refractivity contribution in [3.63, 3.8) is 0 Å². The number of aryl methyl sites for hydroxylation is 1. The molecule has 3 aliphatic rings. The van der Waals surface area contributed by atoms with Crippen LogP contribution in [0.5, 0.6) is 0 Å². The van der Waals surface area contributed by atoms with E-state index >= 15 is 4.39 Å². The van der Waals surface area contributed by atoms with Gasteiger partial charge in [-0.15, -0.1) is 11.8 Å². The second-order valence-corrected chi connectivity index (χ2v) is 13.8. The molecule has 2 aromatic carbocycles. The summed E-state index contributed by atoms with van der Waals surface area (Å²) in [6, 6.07) is 3.92. The zero-order valence-corrected chi connectivity index (χ0v) is 27.7. The van der Waals surface area contributed by atoms with Gasteiger partial charge in [0.2, 0.25) is 5.91 Å². The van der Waals surface area contributed by atoms with Crippen LogP contribution >= 0.6 is 23.4 Å². The summed E-state index contributed by atoms with van der Waals surface area (Å²) in [7, 11) is 0. The van der Waals surface area contributed by atoms with Gasteiger partial charge in [0.15, 0.2) is 0 Å². The SMILES string of the molecule is C=CC(=O)N1[C@H](C)CN(c2nc(=O)n3c4c(c(-c5cc(Cl)c(F)cc5F)c(C)cc24)SCC(N2CCN(CC)CC2)C3)C[C@@H]1C. The van der Waals surface area contributed by atoms with Crippen molar-refractivity contribution in [2.45, 2.75) is 57.3 Å². The van der Waals surface area contributed by atoms with Crippen LogP contribution in [0.3, 0.4) is 0 Å². The van der Waals surface area contributed by atoms with Crippen molar-refractivity contribution in [1.82, 2.24) is 24.3 Å². The smallest absolute Gasteiger partial charge is 0.350 e. The molecule has 3 atom stereocenters. The maximum Gasteiger partial charge on any atom is 0.350 e. The van der Waals surface area contributed by atoms with E-state index in [1.165, 1.54) is 12.1 Å². The minimum atomic E-state index is -0.818. The first-order chi connectivity index (χ1) is 21.5. The van der Waals surface area contributed by atoms with Crippen molar-refractivity contribution in [2.24, 2.45) is 0 Å². The second kappa shape index (κ2) is 12.7. The number of hydrogen-bond donors (Lipinski definition) is 0. The van der Waals surface area contributed by atoms with Crippen LogP contribution in [0.1, 0.15) is 26.3 Å². The van der Waals surface area contributed by atoms with Crippen LogP contribution in [0.25, 0.3) is 22.0 Å². The molecule has 8 nitrogen and oxygen atoms in total. The molecule has 4 heterocycles. The van der Waals surface area contributed by atoms with Gasteiger partial charge in [-0.05, 0) is 51.1 Å². The Balaban J connectivity index is 1.52. The number of nitrogens with zero attached hydrogens (tertiary/aromatic N) is 6. The lowest BCUT2D eigenvalue weighted by molar-refractivity contribution is -0.130. The van der Waals surface area contributed by atoms with E-state index in [9.17, 15) is 14.0 Å². The molecule has 6 rings (SSSR count). The molecule has 0 N–H and O–H groups in total. The van der Waals surface area contributed by atoms with Crippen molar-refractivity contribution in [3.8, 4) is 11.1 Å². The van der Waals surface area contributed by atoms with Crippen LogP contribution in [0.4, 0.5) is 14.6 Å². The van der Waals surface area contributed by atoms with E-state index in [1.807, 2.05) is 31.7 Å². The molecule has 45 heavy (non-hydrogen) atoms. The summed E-state index contributed by atoms with van der Waals surface area (Å²) in [5.41, 5.74) is 1.92. The number of benzene rings is 2. The first kappa shape index (κ1) is 32.0. The van der Waals surface area contributed by atoms with Crippen LogP contribution in [0.15, 0.2) is 40.5 Å². The molecule has 2 fully saturated rings. The molecular formula is C33H39ClF2N6O2S. The Morgan fingerprint density at radius 1 is 1.09 bits per heavy atom. The normalized spacial score (nSPS) is 23.0. The molecular weight excluding hydrogens is 618 g/mol. The fourth-order valence-electron chi connectivity index (χ4n) is 7.27. The van der Waals surface area contributed by atoms with Gasteiger partial charge in [-0.1, -0.05) is 25.1 Å². The minimum Gasteiger partial charge on any atom is -0.352 e. The molecule has 0 spiro atoms. The Morgan fingerprint density at radius 2 is 1.78 bits per heavy atom. The number of piperazine rings is 2. The molecule has 2 saturated heterocycles. The first-order valence-electron chi connectivity index (χ1n) is 15.5. The maximum atomic E-state index is 15.5. The fourth-order valence-corrected chi connectivity index (χ4v) is 8.88. The third kappa shape index (κ3) is 5.77. The van der Waals surface area contributed by atoms with E-state index in [2.05, 4.69) is 28.2 Å². The third-order valence-electron chi connectivity index (χ3n) is 9.51. The average molecular weight is 657 g/mol. The van der Waals surface area contributed by atoms with E-state index in [0.29, 0.717) is 42.3 Å². The zero-order chi connectivity index (χ0) is 32.2. The van der Waals surface area contributed by atoms with Crippen LogP contribution < -0.4 is 10.6 Å². The highest BCUT2D eigenvalue weighted by Crippen LogP contribution is 2.45. The van der Waals surface area contributed by atoms with Crippen LogP contribution in [-0.2, 0) is 11.3 Å². The lowest BCUT2D eigenvalue weighted by atomic mass is 9.96. The average Bonchev–Trinajstić information content (AvgIpc) is 3.22. The Bertz CT molecular complexity index is 1710. The third-order valence-corrected chi connectivity index (χ3v) is 11.0. The van der Waals surface area contributed by atoms with Gasteiger partial charge in [0, 0.05) is 97.2 Å². The van der Waals surface area contributed by atoms with Gasteiger partial charge in [-0.25, -0.2) is 13.6 Å². The molecule has 0 saturated carbocycles. The Kier molecular flexibility index (Phi) is 8.99. The number of hydrogen-bond acceptors (Lipinski definition) is 7. The summed E-state index contributed by atoms with van der Waals surface area (Å²) in [5.74, 6) is -0.400. The highest BCUT2D eigenvalue weighted by Gasteiger charge is 2.36. The van der Waals surface area contributed by atoms with Crippen LogP contribution in [-0.4, -0.2) is 99.8 Å². The number of anilines is 1. The molecule has 3 aromatic rings. The molecule has 240 valence electrons. The first-order valence-corrected chi connectivity index (χ1v) is 16.9. The van der Waals surface area contributed by atoms with E-state index in [1.54, 1.807) is 16.3 Å². The van der Waals surface area contributed by atoms with E-state index in [4.69, 9.17) is 16.6 Å². The largest absolute Gasteiger partial charge is 0.352 e. The van der Waals surface area contributed by atoms with Gasteiger partial charge >= 0.3 is 5.69 Å². The number of amides is 1. The number of carbonyl (C=O) groups excluding carboxylic acids is 1. The van der Waals surface area contributed by atoms with E-state index < -0.39 is 11.6 Å². The number of aromatic nitrogens is 2. The summed E-state index contributed by atoms with van der Waals surface area (Å²) in [4.78, 5) is 40.9. The Morgan fingerprint density at radius 3 is 2.42 bits per heavy atom. The van der Waals surface area contributed by atoms with E-state index in [0.717, 1.165) is 54.6 Å². The number of halogens is 3. The summed E-state index contributed by atoms with van der Waals surface area (Å²) < 4.78 is 31.5. The monoisotopic (exact) mass is 656 g/mol. The van der Waals surface area contributed by atoms with Crippen molar-refractivity contribution in [3.05, 3.63) is 63.6 Å². The quantitative estimate of drug-likeness (QED) is 0.282. The lowest BCUT2D eigenvalue weighted by Gasteiger charge is -2.44. The number of likely N-dealkylation sites (N-methyl/N-ethyl adjacent to an activating group) is 1. The minimum absolute atomic E-state index is 0.0678. The molecule has 3 aliphatic heterocycles. The van der Waals surface area contributed by atoms with E-state index in [-0.39, 0.29) is 40.3 Å². The van der Waals surface area contributed by atoms with Crippen molar-refractivity contribution < 1.29 is 13.6 Å². The van der Waals surface area contributed by atoms with Crippen molar-refractivity contribution >= 4 is 46.0 Å². The highest BCUT2D eigenvalue weighted by atomic mass is 35.5. The van der Waals surface area contributed by atoms with Crippen molar-refractivity contribution in [1.29, 1.82) is 0 Å². The zero-order valence-electron chi connectivity index (χ0n) is 26.2. The summed E-state index contributed by atoms with van der Waals surface area (Å²) in [6.07, 6.45) is 1.33. The Labute approximate surface area is 271 Å². The number of thioether (sulfide) groups is 1. The lowest BCUT2D eigenvalue weighted by Crippen LogP contribution is -2.58. The summed E-state index contributed by atoms with van der Waals surface area (Å²) in [5, 5.41) is 0.637. The molecule has 12 heteroatoms.